The molecule has 0 spiro atoms. The van der Waals surface area contributed by atoms with Gasteiger partial charge in [-0.25, -0.2) is 4.98 Å². The minimum absolute atomic E-state index is 0.0810. The number of nitrogens with one attached hydrogen (secondary N) is 1. The van der Waals surface area contributed by atoms with E-state index in [9.17, 15) is 18.0 Å². The molecule has 1 aromatic heterocycles. The van der Waals surface area contributed by atoms with Crippen LogP contribution >= 0.6 is 11.3 Å². The Morgan fingerprint density at radius 3 is 2.10 bits per heavy atom. The van der Waals surface area contributed by atoms with Crippen molar-refractivity contribution in [2.45, 2.75) is 6.18 Å². The summed E-state index contributed by atoms with van der Waals surface area (Å²) < 4.78 is 38.8. The van der Waals surface area contributed by atoms with E-state index in [2.05, 4.69) is 10.3 Å². The van der Waals surface area contributed by atoms with E-state index in [-0.39, 0.29) is 5.56 Å². The first kappa shape index (κ1) is 19.8. The molecule has 0 aliphatic carbocycles. The second-order valence-electron chi connectivity index (χ2n) is 6.46. The molecule has 0 saturated carbocycles. The Balaban J connectivity index is 1.69. The first-order valence-corrected chi connectivity index (χ1v) is 9.84. The van der Waals surface area contributed by atoms with Gasteiger partial charge >= 0.3 is 6.18 Å². The first-order valence-electron chi connectivity index (χ1n) is 9.02. The van der Waals surface area contributed by atoms with Crippen LogP contribution in [0.5, 0.6) is 0 Å². The Kier molecular flexibility index (Phi) is 5.37. The second kappa shape index (κ2) is 8.12. The smallest absolute Gasteiger partial charge is 0.298 e. The molecule has 0 aliphatic rings. The van der Waals surface area contributed by atoms with Crippen molar-refractivity contribution in [2.24, 2.45) is 0 Å². The Hall–Kier alpha value is -3.45. The van der Waals surface area contributed by atoms with E-state index in [1.807, 2.05) is 60.7 Å². The van der Waals surface area contributed by atoms with Crippen molar-refractivity contribution in [1.82, 2.24) is 4.98 Å². The van der Waals surface area contributed by atoms with Crippen LogP contribution in [-0.4, -0.2) is 10.9 Å². The molecule has 150 valence electrons. The molecule has 4 rings (SSSR count). The number of nitrogens with zero attached hydrogens (tertiary/aromatic N) is 1. The number of rotatable bonds is 4. The minimum Gasteiger partial charge on any atom is -0.298 e. The van der Waals surface area contributed by atoms with Crippen molar-refractivity contribution >= 4 is 22.4 Å². The van der Waals surface area contributed by atoms with Crippen LogP contribution in [0, 0.1) is 0 Å². The number of carbonyl (C=O) groups is 1. The molecular formula is C23H15F3N2OS. The summed E-state index contributed by atoms with van der Waals surface area (Å²) in [7, 11) is 0. The summed E-state index contributed by atoms with van der Waals surface area (Å²) >= 11 is 1.27. The van der Waals surface area contributed by atoms with E-state index in [1.165, 1.54) is 23.5 Å². The van der Waals surface area contributed by atoms with Crippen molar-refractivity contribution in [3.05, 3.63) is 96.1 Å². The van der Waals surface area contributed by atoms with E-state index < -0.39 is 17.6 Å². The lowest BCUT2D eigenvalue weighted by Crippen LogP contribution is -2.13. The summed E-state index contributed by atoms with van der Waals surface area (Å²) in [5.74, 6) is -0.644. The van der Waals surface area contributed by atoms with Gasteiger partial charge in [-0.05, 0) is 23.8 Å². The molecule has 7 heteroatoms. The maximum Gasteiger partial charge on any atom is 0.416 e. The number of alkyl halides is 3. The fraction of sp³-hybridized carbons (Fsp3) is 0.0435. The third kappa shape index (κ3) is 4.26. The number of amides is 1. The number of thiazole rings is 1. The lowest BCUT2D eigenvalue weighted by atomic mass is 10.1. The molecule has 0 atom stereocenters. The number of halogens is 3. The molecule has 3 nitrogen and oxygen atoms in total. The van der Waals surface area contributed by atoms with Crippen molar-refractivity contribution in [1.29, 1.82) is 0 Å². The molecule has 4 aromatic rings. The van der Waals surface area contributed by atoms with Crippen LogP contribution in [0.1, 0.15) is 15.9 Å². The van der Waals surface area contributed by atoms with E-state index in [4.69, 9.17) is 0 Å². The molecule has 1 amide bonds. The Morgan fingerprint density at radius 1 is 0.833 bits per heavy atom. The molecule has 3 aromatic carbocycles. The van der Waals surface area contributed by atoms with Crippen LogP contribution in [-0.2, 0) is 6.18 Å². The monoisotopic (exact) mass is 424 g/mol. The molecule has 1 N–H and O–H groups in total. The summed E-state index contributed by atoms with van der Waals surface area (Å²) in [6.45, 7) is 0. The van der Waals surface area contributed by atoms with Crippen LogP contribution in [0.15, 0.2) is 84.9 Å². The van der Waals surface area contributed by atoms with Crippen molar-refractivity contribution in [3.63, 3.8) is 0 Å². The quantitative estimate of drug-likeness (QED) is 0.394. The van der Waals surface area contributed by atoms with Gasteiger partial charge in [-0.3, -0.25) is 10.1 Å². The van der Waals surface area contributed by atoms with Crippen molar-refractivity contribution in [2.75, 3.05) is 5.32 Å². The highest BCUT2D eigenvalue weighted by Crippen LogP contribution is 2.39. The normalized spacial score (nSPS) is 11.3. The van der Waals surface area contributed by atoms with Gasteiger partial charge in [0.2, 0.25) is 0 Å². The number of benzene rings is 3. The Bertz CT molecular complexity index is 1120. The standard InChI is InChI=1S/C23H15F3N2OS/c24-23(25,26)18-13-7-12-17(14-18)21(29)28-22-27-19(15-8-3-1-4-9-15)20(30-22)16-10-5-2-6-11-16/h1-14H,(H,27,28,29). The van der Waals surface area contributed by atoms with Gasteiger partial charge in [0.25, 0.3) is 5.91 Å². The molecule has 0 bridgehead atoms. The lowest BCUT2D eigenvalue weighted by molar-refractivity contribution is -0.137. The Labute approximate surface area is 174 Å². The van der Waals surface area contributed by atoms with Gasteiger partial charge in [-0.1, -0.05) is 78.1 Å². The van der Waals surface area contributed by atoms with E-state index in [1.54, 1.807) is 0 Å². The number of hydrogen-bond acceptors (Lipinski definition) is 3. The SMILES string of the molecule is O=C(Nc1nc(-c2ccccc2)c(-c2ccccc2)s1)c1cccc(C(F)(F)F)c1. The van der Waals surface area contributed by atoms with Gasteiger partial charge in [0, 0.05) is 11.1 Å². The van der Waals surface area contributed by atoms with E-state index in [0.717, 1.165) is 28.1 Å². The lowest BCUT2D eigenvalue weighted by Gasteiger charge is -2.08. The number of aromatic nitrogens is 1. The molecule has 0 unspecified atom stereocenters. The minimum atomic E-state index is -4.52. The highest BCUT2D eigenvalue weighted by atomic mass is 32.1. The zero-order chi connectivity index (χ0) is 21.1. The zero-order valence-corrected chi connectivity index (χ0v) is 16.3. The fourth-order valence-electron chi connectivity index (χ4n) is 2.96. The summed E-state index contributed by atoms with van der Waals surface area (Å²) in [5, 5.41) is 2.95. The maximum atomic E-state index is 12.9. The molecule has 0 fully saturated rings. The van der Waals surface area contributed by atoms with Gasteiger partial charge in [0.05, 0.1) is 16.1 Å². The average Bonchev–Trinajstić information content (AvgIpc) is 3.18. The van der Waals surface area contributed by atoms with Gasteiger partial charge in [-0.15, -0.1) is 0 Å². The second-order valence-corrected chi connectivity index (χ2v) is 7.46. The summed E-state index contributed by atoms with van der Waals surface area (Å²) in [6.07, 6.45) is -4.52. The van der Waals surface area contributed by atoms with Crippen LogP contribution < -0.4 is 5.32 Å². The van der Waals surface area contributed by atoms with Gasteiger partial charge in [0.15, 0.2) is 5.13 Å². The molecular weight excluding hydrogens is 409 g/mol. The van der Waals surface area contributed by atoms with Crippen LogP contribution in [0.25, 0.3) is 21.7 Å². The first-order chi connectivity index (χ1) is 14.4. The largest absolute Gasteiger partial charge is 0.416 e. The summed E-state index contributed by atoms with van der Waals surface area (Å²) in [6, 6.07) is 23.4. The van der Waals surface area contributed by atoms with Crippen LogP contribution in [0.4, 0.5) is 18.3 Å². The van der Waals surface area contributed by atoms with Crippen molar-refractivity contribution < 1.29 is 18.0 Å². The number of hydrogen-bond donors (Lipinski definition) is 1. The van der Waals surface area contributed by atoms with E-state index >= 15 is 0 Å². The predicted octanol–water partition coefficient (Wildman–Crippen LogP) is 6.75. The van der Waals surface area contributed by atoms with Gasteiger partial charge in [0.1, 0.15) is 0 Å². The van der Waals surface area contributed by atoms with Crippen LogP contribution in [0.3, 0.4) is 0 Å². The molecule has 0 radical (unpaired) electrons. The molecule has 30 heavy (non-hydrogen) atoms. The highest BCUT2D eigenvalue weighted by Gasteiger charge is 2.31. The third-order valence-electron chi connectivity index (χ3n) is 4.38. The van der Waals surface area contributed by atoms with E-state index in [0.29, 0.717) is 10.8 Å². The summed E-state index contributed by atoms with van der Waals surface area (Å²) in [5.41, 5.74) is 1.57. The van der Waals surface area contributed by atoms with Crippen molar-refractivity contribution in [3.8, 4) is 21.7 Å². The van der Waals surface area contributed by atoms with Gasteiger partial charge in [-0.2, -0.15) is 13.2 Å². The molecule has 0 saturated heterocycles. The topological polar surface area (TPSA) is 42.0 Å². The third-order valence-corrected chi connectivity index (χ3v) is 5.40. The average molecular weight is 424 g/mol. The Morgan fingerprint density at radius 2 is 1.47 bits per heavy atom. The highest BCUT2D eigenvalue weighted by molar-refractivity contribution is 7.19. The van der Waals surface area contributed by atoms with Gasteiger partial charge < -0.3 is 0 Å². The van der Waals surface area contributed by atoms with Crippen LogP contribution in [0.2, 0.25) is 0 Å². The number of anilines is 1. The maximum absolute atomic E-state index is 12.9. The molecule has 1 heterocycles. The predicted molar refractivity (Wildman–Crippen MR) is 112 cm³/mol. The molecule has 0 aliphatic heterocycles. The fourth-order valence-corrected chi connectivity index (χ4v) is 3.94. The zero-order valence-electron chi connectivity index (χ0n) is 15.5. The number of carbonyl (C=O) groups excluding carboxylic acids is 1. The summed E-state index contributed by atoms with van der Waals surface area (Å²) in [4.78, 5) is 18.0.